The van der Waals surface area contributed by atoms with Gasteiger partial charge < -0.3 is 25.0 Å². The number of benzene rings is 2. The lowest BCUT2D eigenvalue weighted by molar-refractivity contribution is 0.0989. The van der Waals surface area contributed by atoms with E-state index < -0.39 is 0 Å². The van der Waals surface area contributed by atoms with E-state index in [1.54, 1.807) is 32.4 Å². The van der Waals surface area contributed by atoms with Crippen molar-refractivity contribution in [2.45, 2.75) is 12.8 Å². The third-order valence-electron chi connectivity index (χ3n) is 5.04. The van der Waals surface area contributed by atoms with Crippen LogP contribution in [-0.2, 0) is 6.42 Å². The number of rotatable bonds is 5. The lowest BCUT2D eigenvalue weighted by Gasteiger charge is -2.29. The minimum atomic E-state index is -0.377. The molecule has 4 rings (SSSR count). The molecule has 0 fully saturated rings. The molecule has 2 aromatic carbocycles. The molecule has 7 nitrogen and oxygen atoms in total. The molecule has 0 saturated carbocycles. The van der Waals surface area contributed by atoms with E-state index in [2.05, 4.69) is 10.6 Å². The SMILES string of the molecule is COc1cc(NC(=O)Nc2ccc3c(c2)CCCN3C(=O)c2cccs2)cc(OC)c1. The fraction of sp³-hybridized carbons (Fsp3) is 0.217. The van der Waals surface area contributed by atoms with Crippen LogP contribution in [0.1, 0.15) is 21.7 Å². The molecule has 0 atom stereocenters. The minimum absolute atomic E-state index is 0.0152. The molecular weight excluding hydrogens is 414 g/mol. The summed E-state index contributed by atoms with van der Waals surface area (Å²) in [5, 5.41) is 7.55. The Balaban J connectivity index is 1.48. The second kappa shape index (κ2) is 9.09. The molecule has 1 aromatic heterocycles. The molecule has 2 heterocycles. The highest BCUT2D eigenvalue weighted by molar-refractivity contribution is 7.12. The monoisotopic (exact) mass is 437 g/mol. The van der Waals surface area contributed by atoms with E-state index in [9.17, 15) is 9.59 Å². The van der Waals surface area contributed by atoms with Gasteiger partial charge in [0.25, 0.3) is 5.91 Å². The number of nitrogens with one attached hydrogen (secondary N) is 2. The first-order chi connectivity index (χ1) is 15.1. The highest BCUT2D eigenvalue weighted by atomic mass is 32.1. The molecule has 1 aliphatic heterocycles. The largest absolute Gasteiger partial charge is 0.497 e. The van der Waals surface area contributed by atoms with Gasteiger partial charge in [0.2, 0.25) is 0 Å². The van der Waals surface area contributed by atoms with Crippen LogP contribution in [0.5, 0.6) is 11.5 Å². The highest BCUT2D eigenvalue weighted by Crippen LogP contribution is 2.32. The third kappa shape index (κ3) is 4.64. The summed E-state index contributed by atoms with van der Waals surface area (Å²) in [7, 11) is 3.11. The van der Waals surface area contributed by atoms with Crippen molar-refractivity contribution >= 4 is 40.3 Å². The number of anilines is 3. The van der Waals surface area contributed by atoms with E-state index >= 15 is 0 Å². The predicted octanol–water partition coefficient (Wildman–Crippen LogP) is 5.00. The molecule has 0 saturated heterocycles. The summed E-state index contributed by atoms with van der Waals surface area (Å²) in [5.74, 6) is 1.18. The standard InChI is InChI=1S/C23H23N3O4S/c1-29-18-12-17(13-19(14-18)30-2)25-23(28)24-16-7-8-20-15(11-16)5-3-9-26(20)22(27)21-6-4-10-31-21/h4,6-8,10-14H,3,5,9H2,1-2H3,(H2,24,25,28). The number of fused-ring (bicyclic) bond motifs is 1. The summed E-state index contributed by atoms with van der Waals surface area (Å²) >= 11 is 1.44. The van der Waals surface area contributed by atoms with Crippen LogP contribution in [0, 0.1) is 0 Å². The number of thiophene rings is 1. The van der Waals surface area contributed by atoms with Gasteiger partial charge in [-0.2, -0.15) is 0 Å². The van der Waals surface area contributed by atoms with E-state index in [0.29, 0.717) is 29.4 Å². The average molecular weight is 438 g/mol. The zero-order valence-corrected chi connectivity index (χ0v) is 18.1. The molecule has 0 radical (unpaired) electrons. The molecular formula is C23H23N3O4S. The van der Waals surface area contributed by atoms with Crippen LogP contribution >= 0.6 is 11.3 Å². The van der Waals surface area contributed by atoms with Gasteiger partial charge in [0, 0.05) is 41.8 Å². The van der Waals surface area contributed by atoms with Gasteiger partial charge in [-0.15, -0.1) is 11.3 Å². The maximum Gasteiger partial charge on any atom is 0.323 e. The maximum absolute atomic E-state index is 12.8. The van der Waals surface area contributed by atoms with Crippen molar-refractivity contribution in [1.82, 2.24) is 0 Å². The average Bonchev–Trinajstić information content (AvgIpc) is 3.32. The first kappa shape index (κ1) is 20.7. The molecule has 0 aliphatic carbocycles. The van der Waals surface area contributed by atoms with E-state index in [4.69, 9.17) is 9.47 Å². The van der Waals surface area contributed by atoms with Gasteiger partial charge in [-0.1, -0.05) is 6.07 Å². The van der Waals surface area contributed by atoms with Crippen molar-refractivity contribution in [3.8, 4) is 11.5 Å². The Labute approximate surface area is 184 Å². The molecule has 0 unspecified atom stereocenters. The van der Waals surface area contributed by atoms with Gasteiger partial charge in [0.05, 0.1) is 19.1 Å². The Hall–Kier alpha value is -3.52. The molecule has 31 heavy (non-hydrogen) atoms. The lowest BCUT2D eigenvalue weighted by Crippen LogP contribution is -2.35. The molecule has 0 spiro atoms. The van der Waals surface area contributed by atoms with Crippen LogP contribution in [0.25, 0.3) is 0 Å². The van der Waals surface area contributed by atoms with E-state index in [1.165, 1.54) is 11.3 Å². The number of carbonyl (C=O) groups is 2. The van der Waals surface area contributed by atoms with Gasteiger partial charge >= 0.3 is 6.03 Å². The highest BCUT2D eigenvalue weighted by Gasteiger charge is 2.24. The molecule has 8 heteroatoms. The van der Waals surface area contributed by atoms with Crippen LogP contribution in [-0.4, -0.2) is 32.7 Å². The summed E-state index contributed by atoms with van der Waals surface area (Å²) < 4.78 is 10.5. The second-order valence-electron chi connectivity index (χ2n) is 7.06. The zero-order chi connectivity index (χ0) is 21.8. The van der Waals surface area contributed by atoms with Crippen LogP contribution in [0.15, 0.2) is 53.9 Å². The first-order valence-corrected chi connectivity index (χ1v) is 10.7. The smallest absolute Gasteiger partial charge is 0.323 e. The zero-order valence-electron chi connectivity index (χ0n) is 17.3. The van der Waals surface area contributed by atoms with Crippen molar-refractivity contribution in [2.75, 3.05) is 36.3 Å². The molecule has 3 aromatic rings. The maximum atomic E-state index is 12.8. The second-order valence-corrected chi connectivity index (χ2v) is 8.01. The predicted molar refractivity (Wildman–Crippen MR) is 123 cm³/mol. The van der Waals surface area contributed by atoms with E-state index in [1.807, 2.05) is 40.6 Å². The normalized spacial score (nSPS) is 12.6. The molecule has 2 N–H and O–H groups in total. The number of amides is 3. The molecule has 3 amide bonds. The van der Waals surface area contributed by atoms with Crippen molar-refractivity contribution in [2.24, 2.45) is 0 Å². The van der Waals surface area contributed by atoms with E-state index in [-0.39, 0.29) is 11.9 Å². The topological polar surface area (TPSA) is 79.9 Å². The fourth-order valence-corrected chi connectivity index (χ4v) is 4.26. The number of aryl methyl sites for hydroxylation is 1. The number of hydrogen-bond acceptors (Lipinski definition) is 5. The summed E-state index contributed by atoms with van der Waals surface area (Å²) in [6, 6.07) is 14.1. The summed E-state index contributed by atoms with van der Waals surface area (Å²) in [6.45, 7) is 0.689. The molecule has 0 bridgehead atoms. The Kier molecular flexibility index (Phi) is 6.08. The van der Waals surface area contributed by atoms with Crippen LogP contribution < -0.4 is 25.0 Å². The third-order valence-corrected chi connectivity index (χ3v) is 5.90. The van der Waals surface area contributed by atoms with Crippen LogP contribution in [0.2, 0.25) is 0 Å². The summed E-state index contributed by atoms with van der Waals surface area (Å²) in [6.07, 6.45) is 1.73. The minimum Gasteiger partial charge on any atom is -0.497 e. The lowest BCUT2D eigenvalue weighted by atomic mass is 10.0. The van der Waals surface area contributed by atoms with Crippen molar-refractivity contribution in [1.29, 1.82) is 0 Å². The summed E-state index contributed by atoms with van der Waals surface area (Å²) in [5.41, 5.74) is 3.15. The number of hydrogen-bond donors (Lipinski definition) is 2. The first-order valence-electron chi connectivity index (χ1n) is 9.87. The fourth-order valence-electron chi connectivity index (χ4n) is 3.59. The Bertz CT molecular complexity index is 1080. The number of carbonyl (C=O) groups excluding carboxylic acids is 2. The molecule has 1 aliphatic rings. The molecule has 160 valence electrons. The quantitative estimate of drug-likeness (QED) is 0.589. The number of nitrogens with zero attached hydrogens (tertiary/aromatic N) is 1. The van der Waals surface area contributed by atoms with Crippen LogP contribution in [0.4, 0.5) is 21.9 Å². The van der Waals surface area contributed by atoms with E-state index in [0.717, 1.165) is 29.0 Å². The number of methoxy groups -OCH3 is 2. The van der Waals surface area contributed by atoms with Gasteiger partial charge in [0.1, 0.15) is 11.5 Å². The van der Waals surface area contributed by atoms with Crippen LogP contribution in [0.3, 0.4) is 0 Å². The Morgan fingerprint density at radius 1 is 0.968 bits per heavy atom. The van der Waals surface area contributed by atoms with Crippen molar-refractivity contribution < 1.29 is 19.1 Å². The summed E-state index contributed by atoms with van der Waals surface area (Å²) in [4.78, 5) is 27.9. The van der Waals surface area contributed by atoms with Crippen molar-refractivity contribution in [3.63, 3.8) is 0 Å². The van der Waals surface area contributed by atoms with Gasteiger partial charge in [0.15, 0.2) is 0 Å². The van der Waals surface area contributed by atoms with Crippen molar-refractivity contribution in [3.05, 3.63) is 64.4 Å². The number of urea groups is 1. The Morgan fingerprint density at radius 2 is 1.71 bits per heavy atom. The Morgan fingerprint density at radius 3 is 2.39 bits per heavy atom. The van der Waals surface area contributed by atoms with Gasteiger partial charge in [-0.05, 0) is 48.1 Å². The van der Waals surface area contributed by atoms with Gasteiger partial charge in [-0.3, -0.25) is 4.79 Å². The number of ether oxygens (including phenoxy) is 2. The van der Waals surface area contributed by atoms with Gasteiger partial charge in [-0.25, -0.2) is 4.79 Å².